The molecule has 0 unspecified atom stereocenters. The molecule has 1 saturated carbocycles. The number of carbonyl (C=O) groups is 4. The first kappa shape index (κ1) is 25.9. The van der Waals surface area contributed by atoms with E-state index in [1.165, 1.54) is 5.56 Å². The fourth-order valence-corrected chi connectivity index (χ4v) is 5.54. The van der Waals surface area contributed by atoms with Crippen molar-refractivity contribution in [3.05, 3.63) is 35.9 Å². The maximum absolute atomic E-state index is 13.8. The van der Waals surface area contributed by atoms with Gasteiger partial charge >= 0.3 is 6.03 Å². The van der Waals surface area contributed by atoms with Gasteiger partial charge in [0.25, 0.3) is 0 Å². The first-order valence-corrected chi connectivity index (χ1v) is 12.9. The SMILES string of the molecule is CNC(=O)N1CC[C@H]2CC[C@@H](C(=O)N[C@H]3C[C@H](c4ccccc4)C3)N2C(=O)[C@@H](NC(=O)[C@H](C)NC)C1. The van der Waals surface area contributed by atoms with Crippen LogP contribution < -0.4 is 21.3 Å². The summed E-state index contributed by atoms with van der Waals surface area (Å²) in [7, 11) is 3.21. The lowest BCUT2D eigenvalue weighted by Gasteiger charge is -2.40. The van der Waals surface area contributed by atoms with E-state index in [9.17, 15) is 19.2 Å². The number of nitrogens with one attached hydrogen (secondary N) is 4. The van der Waals surface area contributed by atoms with E-state index in [0.29, 0.717) is 31.7 Å². The number of hydrogen-bond acceptors (Lipinski definition) is 5. The first-order valence-electron chi connectivity index (χ1n) is 12.9. The lowest BCUT2D eigenvalue weighted by Crippen LogP contribution is -2.63. The van der Waals surface area contributed by atoms with Crippen LogP contribution in [-0.4, -0.2) is 90.9 Å². The molecule has 3 aliphatic rings. The second kappa shape index (κ2) is 11.3. The Morgan fingerprint density at radius 3 is 2.39 bits per heavy atom. The summed E-state index contributed by atoms with van der Waals surface area (Å²) >= 11 is 0. The summed E-state index contributed by atoms with van der Waals surface area (Å²) in [5.74, 6) is -0.314. The number of benzene rings is 1. The van der Waals surface area contributed by atoms with Gasteiger partial charge in [0, 0.05) is 25.7 Å². The van der Waals surface area contributed by atoms with Crippen LogP contribution in [-0.2, 0) is 14.4 Å². The second-order valence-corrected chi connectivity index (χ2v) is 10.1. The van der Waals surface area contributed by atoms with Gasteiger partial charge in [0.2, 0.25) is 17.7 Å². The molecule has 5 amide bonds. The molecule has 1 aromatic rings. The van der Waals surface area contributed by atoms with Crippen molar-refractivity contribution < 1.29 is 19.2 Å². The summed E-state index contributed by atoms with van der Waals surface area (Å²) in [4.78, 5) is 55.4. The van der Waals surface area contributed by atoms with Crippen molar-refractivity contribution in [2.24, 2.45) is 0 Å². The van der Waals surface area contributed by atoms with Crippen molar-refractivity contribution in [3.8, 4) is 0 Å². The molecule has 10 nitrogen and oxygen atoms in total. The van der Waals surface area contributed by atoms with Crippen molar-refractivity contribution in [3.63, 3.8) is 0 Å². The maximum Gasteiger partial charge on any atom is 0.317 e. The fourth-order valence-electron chi connectivity index (χ4n) is 5.54. The Morgan fingerprint density at radius 2 is 1.72 bits per heavy atom. The second-order valence-electron chi connectivity index (χ2n) is 10.1. The van der Waals surface area contributed by atoms with E-state index in [2.05, 4.69) is 33.4 Å². The lowest BCUT2D eigenvalue weighted by atomic mass is 9.76. The van der Waals surface area contributed by atoms with Gasteiger partial charge in [-0.3, -0.25) is 14.4 Å². The minimum atomic E-state index is -0.923. The number of amides is 5. The highest BCUT2D eigenvalue weighted by atomic mass is 16.2. The molecule has 10 heteroatoms. The van der Waals surface area contributed by atoms with Crippen LogP contribution in [0.3, 0.4) is 0 Å². The Morgan fingerprint density at radius 1 is 1.00 bits per heavy atom. The molecule has 0 aromatic heterocycles. The molecule has 2 heterocycles. The van der Waals surface area contributed by atoms with Crippen molar-refractivity contribution in [1.29, 1.82) is 0 Å². The standard InChI is InChI=1S/C26H38N6O4/c1-16(27-2)23(33)30-21-15-31(26(36)28-3)12-11-20-9-10-22(32(20)25(21)35)24(34)29-19-13-18(14-19)17-7-5-4-6-8-17/h4-8,16,18-22,27H,9-15H2,1-3H3,(H,28,36)(H,29,34)(H,30,33)/t16-,18-,19-,20+,21-,22-/m0/s1. The van der Waals surface area contributed by atoms with Crippen LogP contribution in [0.15, 0.2) is 30.3 Å². The number of nitrogens with zero attached hydrogens (tertiary/aromatic N) is 2. The highest BCUT2D eigenvalue weighted by molar-refractivity contribution is 5.94. The summed E-state index contributed by atoms with van der Waals surface area (Å²) < 4.78 is 0. The number of urea groups is 1. The van der Waals surface area contributed by atoms with Crippen molar-refractivity contribution in [2.75, 3.05) is 27.2 Å². The average Bonchev–Trinajstić information content (AvgIpc) is 3.29. The smallest absolute Gasteiger partial charge is 0.317 e. The maximum atomic E-state index is 13.8. The monoisotopic (exact) mass is 498 g/mol. The molecule has 4 N–H and O–H groups in total. The molecule has 4 atom stereocenters. The summed E-state index contributed by atoms with van der Waals surface area (Å²) in [6, 6.07) is 7.98. The predicted molar refractivity (Wildman–Crippen MR) is 135 cm³/mol. The molecule has 4 rings (SSSR count). The van der Waals surface area contributed by atoms with E-state index in [4.69, 9.17) is 0 Å². The highest BCUT2D eigenvalue weighted by Crippen LogP contribution is 2.37. The molecule has 0 radical (unpaired) electrons. The molecule has 36 heavy (non-hydrogen) atoms. The van der Waals surface area contributed by atoms with E-state index in [0.717, 1.165) is 12.8 Å². The number of carbonyl (C=O) groups excluding carboxylic acids is 4. The van der Waals surface area contributed by atoms with Crippen LogP contribution in [0.2, 0.25) is 0 Å². The van der Waals surface area contributed by atoms with Crippen LogP contribution in [0.4, 0.5) is 4.79 Å². The van der Waals surface area contributed by atoms with Crippen molar-refractivity contribution in [2.45, 2.75) is 75.2 Å². The number of hydrogen-bond donors (Lipinski definition) is 4. The van der Waals surface area contributed by atoms with Gasteiger partial charge in [-0.1, -0.05) is 30.3 Å². The molecule has 1 aliphatic carbocycles. The van der Waals surface area contributed by atoms with Gasteiger partial charge in [0.05, 0.1) is 12.6 Å². The highest BCUT2D eigenvalue weighted by Gasteiger charge is 2.46. The third-order valence-electron chi connectivity index (χ3n) is 7.89. The van der Waals surface area contributed by atoms with Crippen LogP contribution in [0, 0.1) is 0 Å². The van der Waals surface area contributed by atoms with Crippen LogP contribution >= 0.6 is 0 Å². The van der Waals surface area contributed by atoms with Gasteiger partial charge in [-0.25, -0.2) is 4.79 Å². The van der Waals surface area contributed by atoms with Crippen LogP contribution in [0.5, 0.6) is 0 Å². The van der Waals surface area contributed by atoms with Gasteiger partial charge in [0.1, 0.15) is 12.1 Å². The van der Waals surface area contributed by atoms with Gasteiger partial charge in [-0.05, 0) is 57.6 Å². The normalized spacial score (nSPS) is 28.8. The number of rotatable bonds is 6. The molecular formula is C26H38N6O4. The minimum Gasteiger partial charge on any atom is -0.352 e. The van der Waals surface area contributed by atoms with Crippen LogP contribution in [0.25, 0.3) is 0 Å². The van der Waals surface area contributed by atoms with E-state index in [1.807, 2.05) is 18.2 Å². The van der Waals surface area contributed by atoms with E-state index < -0.39 is 18.1 Å². The zero-order chi connectivity index (χ0) is 25.8. The number of fused-ring (bicyclic) bond motifs is 1. The number of likely N-dealkylation sites (N-methyl/N-ethyl adjacent to an activating group) is 1. The Hall–Kier alpha value is -3.14. The largest absolute Gasteiger partial charge is 0.352 e. The van der Waals surface area contributed by atoms with Crippen molar-refractivity contribution >= 4 is 23.8 Å². The molecule has 196 valence electrons. The Bertz CT molecular complexity index is 966. The molecule has 3 fully saturated rings. The lowest BCUT2D eigenvalue weighted by molar-refractivity contribution is -0.145. The third kappa shape index (κ3) is 5.48. The zero-order valence-electron chi connectivity index (χ0n) is 21.3. The Labute approximate surface area is 212 Å². The topological polar surface area (TPSA) is 123 Å². The molecule has 0 spiro atoms. The third-order valence-corrected chi connectivity index (χ3v) is 7.89. The average molecular weight is 499 g/mol. The predicted octanol–water partition coefficient (Wildman–Crippen LogP) is 0.546. The van der Waals surface area contributed by atoms with Crippen LogP contribution in [0.1, 0.15) is 50.5 Å². The summed E-state index contributed by atoms with van der Waals surface area (Å²) in [5, 5.41) is 11.5. The van der Waals surface area contributed by atoms with Gasteiger partial charge in [-0.2, -0.15) is 0 Å². The van der Waals surface area contributed by atoms with Gasteiger partial charge in [0.15, 0.2) is 0 Å². The van der Waals surface area contributed by atoms with Gasteiger partial charge in [-0.15, -0.1) is 0 Å². The minimum absolute atomic E-state index is 0.0552. The molecule has 0 bridgehead atoms. The first-order chi connectivity index (χ1) is 17.3. The molecule has 1 aromatic carbocycles. The zero-order valence-corrected chi connectivity index (χ0v) is 21.3. The fraction of sp³-hybridized carbons (Fsp3) is 0.615. The Kier molecular flexibility index (Phi) is 8.13. The summed E-state index contributed by atoms with van der Waals surface area (Å²) in [5.41, 5.74) is 1.29. The molecular weight excluding hydrogens is 460 g/mol. The summed E-state index contributed by atoms with van der Waals surface area (Å²) in [6.45, 7) is 2.20. The summed E-state index contributed by atoms with van der Waals surface area (Å²) in [6.07, 6.45) is 3.64. The Balaban J connectivity index is 1.44. The molecule has 2 aliphatic heterocycles. The van der Waals surface area contributed by atoms with Crippen molar-refractivity contribution in [1.82, 2.24) is 31.1 Å². The quantitative estimate of drug-likeness (QED) is 0.456. The van der Waals surface area contributed by atoms with E-state index in [-0.39, 0.29) is 42.4 Å². The van der Waals surface area contributed by atoms with E-state index in [1.54, 1.807) is 30.8 Å². The van der Waals surface area contributed by atoms with Gasteiger partial charge < -0.3 is 31.1 Å². The van der Waals surface area contributed by atoms with E-state index >= 15 is 0 Å². The molecule has 2 saturated heterocycles.